The van der Waals surface area contributed by atoms with E-state index in [1.807, 2.05) is 26.0 Å². The van der Waals surface area contributed by atoms with Crippen LogP contribution in [-0.4, -0.2) is 17.7 Å². The van der Waals surface area contributed by atoms with Gasteiger partial charge in [0.25, 0.3) is 0 Å². The number of fused-ring (bicyclic) bond motifs is 4. The molecule has 1 aliphatic heterocycles. The molecule has 19 heavy (non-hydrogen) atoms. The van der Waals surface area contributed by atoms with Crippen molar-refractivity contribution in [3.05, 3.63) is 29.3 Å². The van der Waals surface area contributed by atoms with Gasteiger partial charge in [0.2, 0.25) is 0 Å². The zero-order chi connectivity index (χ0) is 14.3. The smallest absolute Gasteiger partial charge is 0.119 e. The van der Waals surface area contributed by atoms with Crippen LogP contribution in [-0.2, 0) is 11.8 Å². The minimum absolute atomic E-state index is 0.176. The second-order valence-corrected chi connectivity index (χ2v) is 6.32. The predicted octanol–water partition coefficient (Wildman–Crippen LogP) is 3.62. The van der Waals surface area contributed by atoms with Crippen LogP contribution in [0, 0.1) is 5.41 Å². The van der Waals surface area contributed by atoms with Gasteiger partial charge in [0.1, 0.15) is 5.75 Å². The van der Waals surface area contributed by atoms with Crippen molar-refractivity contribution in [2.24, 2.45) is 5.41 Å². The second-order valence-electron chi connectivity index (χ2n) is 6.32. The quantitative estimate of drug-likeness (QED) is 0.747. The predicted molar refractivity (Wildman–Crippen MR) is 80.7 cm³/mol. The Hall–Kier alpha value is -1.02. The first-order chi connectivity index (χ1) is 8.97. The first-order valence-electron chi connectivity index (χ1n) is 7.51. The summed E-state index contributed by atoms with van der Waals surface area (Å²) in [5.41, 5.74) is 2.94. The van der Waals surface area contributed by atoms with Crippen molar-refractivity contribution in [2.75, 3.05) is 6.54 Å². The Balaban J connectivity index is 0.000000637. The molecule has 2 aliphatic rings. The Labute approximate surface area is 117 Å². The van der Waals surface area contributed by atoms with E-state index in [0.29, 0.717) is 11.8 Å². The van der Waals surface area contributed by atoms with E-state index in [9.17, 15) is 5.11 Å². The summed E-state index contributed by atoms with van der Waals surface area (Å²) in [6.45, 7) is 12.2. The van der Waals surface area contributed by atoms with Gasteiger partial charge in [-0.05, 0) is 42.0 Å². The van der Waals surface area contributed by atoms with Gasteiger partial charge in [-0.2, -0.15) is 0 Å². The Bertz CT molecular complexity index is 466. The van der Waals surface area contributed by atoms with Gasteiger partial charge in [-0.15, -0.1) is 0 Å². The molecule has 1 fully saturated rings. The molecule has 3 rings (SSSR count). The van der Waals surface area contributed by atoms with Crippen LogP contribution >= 0.6 is 0 Å². The zero-order valence-electron chi connectivity index (χ0n) is 12.9. The lowest BCUT2D eigenvalue weighted by Gasteiger charge is -2.57. The summed E-state index contributed by atoms with van der Waals surface area (Å²) in [4.78, 5) is 0. The molecule has 0 aromatic heterocycles. The summed E-state index contributed by atoms with van der Waals surface area (Å²) >= 11 is 0. The SMILES string of the molecule is CC.CC12CCNC(Cc3c(O)cccc31)C2(C)C. The molecule has 1 aliphatic carbocycles. The van der Waals surface area contributed by atoms with Gasteiger partial charge in [0.05, 0.1) is 0 Å². The molecule has 0 radical (unpaired) electrons. The molecule has 2 nitrogen and oxygen atoms in total. The Morgan fingerprint density at radius 1 is 1.21 bits per heavy atom. The van der Waals surface area contributed by atoms with Crippen molar-refractivity contribution in [1.82, 2.24) is 5.32 Å². The molecule has 106 valence electrons. The van der Waals surface area contributed by atoms with Crippen LogP contribution in [0.15, 0.2) is 18.2 Å². The van der Waals surface area contributed by atoms with Crippen molar-refractivity contribution < 1.29 is 5.11 Å². The molecular formula is C17H27NO. The summed E-state index contributed by atoms with van der Waals surface area (Å²) < 4.78 is 0. The van der Waals surface area contributed by atoms with Crippen molar-refractivity contribution in [2.45, 2.75) is 58.9 Å². The molecule has 2 bridgehead atoms. The van der Waals surface area contributed by atoms with Crippen LogP contribution in [0.5, 0.6) is 5.75 Å². The molecule has 2 unspecified atom stereocenters. The van der Waals surface area contributed by atoms with E-state index in [1.165, 1.54) is 5.56 Å². The Kier molecular flexibility index (Phi) is 3.65. The summed E-state index contributed by atoms with van der Waals surface area (Å²) in [6.07, 6.45) is 2.09. The summed E-state index contributed by atoms with van der Waals surface area (Å²) in [5.74, 6) is 0.470. The fourth-order valence-electron chi connectivity index (χ4n) is 3.78. The standard InChI is InChI=1S/C15H21NO.C2H6/c1-14(2)13-9-10-11(5-4-6-12(10)17)15(14,3)7-8-16-13;1-2/h4-6,13,16-17H,7-9H2,1-3H3;1-2H3. The topological polar surface area (TPSA) is 32.3 Å². The average molecular weight is 261 g/mol. The van der Waals surface area contributed by atoms with Crippen LogP contribution in [0.1, 0.15) is 52.2 Å². The number of aromatic hydroxyl groups is 1. The van der Waals surface area contributed by atoms with Crippen LogP contribution in [0.3, 0.4) is 0 Å². The third-order valence-electron chi connectivity index (χ3n) is 5.46. The third kappa shape index (κ3) is 1.88. The van der Waals surface area contributed by atoms with Crippen LogP contribution in [0.2, 0.25) is 0 Å². The Morgan fingerprint density at radius 3 is 2.58 bits per heavy atom. The van der Waals surface area contributed by atoms with E-state index in [4.69, 9.17) is 0 Å². The fraction of sp³-hybridized carbons (Fsp3) is 0.647. The number of nitrogens with one attached hydrogen (secondary N) is 1. The van der Waals surface area contributed by atoms with Crippen molar-refractivity contribution in [3.63, 3.8) is 0 Å². The zero-order valence-corrected chi connectivity index (χ0v) is 12.9. The highest BCUT2D eigenvalue weighted by atomic mass is 16.3. The first kappa shape index (κ1) is 14.4. The Morgan fingerprint density at radius 2 is 1.89 bits per heavy atom. The summed E-state index contributed by atoms with van der Waals surface area (Å²) in [6, 6.07) is 6.48. The maximum atomic E-state index is 10.1. The number of benzene rings is 1. The van der Waals surface area contributed by atoms with E-state index in [0.717, 1.165) is 24.9 Å². The molecule has 2 N–H and O–H groups in total. The van der Waals surface area contributed by atoms with E-state index in [-0.39, 0.29) is 10.8 Å². The highest BCUT2D eigenvalue weighted by Crippen LogP contribution is 2.54. The fourth-order valence-corrected chi connectivity index (χ4v) is 3.78. The van der Waals surface area contributed by atoms with Gasteiger partial charge in [0, 0.05) is 11.5 Å². The molecular weight excluding hydrogens is 234 g/mol. The second kappa shape index (κ2) is 4.82. The summed E-state index contributed by atoms with van der Waals surface area (Å²) in [7, 11) is 0. The van der Waals surface area contributed by atoms with Gasteiger partial charge >= 0.3 is 0 Å². The number of rotatable bonds is 0. The highest BCUT2D eigenvalue weighted by Gasteiger charge is 2.53. The first-order valence-corrected chi connectivity index (χ1v) is 7.51. The van der Waals surface area contributed by atoms with E-state index < -0.39 is 0 Å². The number of hydrogen-bond acceptors (Lipinski definition) is 2. The monoisotopic (exact) mass is 261 g/mol. The van der Waals surface area contributed by atoms with Crippen LogP contribution < -0.4 is 5.32 Å². The third-order valence-corrected chi connectivity index (χ3v) is 5.46. The molecule has 0 amide bonds. The largest absolute Gasteiger partial charge is 0.508 e. The lowest BCUT2D eigenvalue weighted by Crippen LogP contribution is -2.62. The van der Waals surface area contributed by atoms with Crippen molar-refractivity contribution in [1.29, 1.82) is 0 Å². The van der Waals surface area contributed by atoms with E-state index in [1.54, 1.807) is 0 Å². The minimum atomic E-state index is 0.176. The molecule has 1 aromatic rings. The molecule has 0 saturated carbocycles. The molecule has 0 spiro atoms. The average Bonchev–Trinajstić information content (AvgIpc) is 2.37. The van der Waals surface area contributed by atoms with Gasteiger partial charge < -0.3 is 10.4 Å². The molecule has 1 saturated heterocycles. The van der Waals surface area contributed by atoms with E-state index in [2.05, 4.69) is 32.2 Å². The summed E-state index contributed by atoms with van der Waals surface area (Å²) in [5, 5.41) is 13.7. The lowest BCUT2D eigenvalue weighted by molar-refractivity contribution is 0.0551. The van der Waals surface area contributed by atoms with Crippen LogP contribution in [0.25, 0.3) is 0 Å². The number of hydrogen-bond donors (Lipinski definition) is 2. The van der Waals surface area contributed by atoms with Gasteiger partial charge in [-0.1, -0.05) is 46.8 Å². The molecule has 1 heterocycles. The van der Waals surface area contributed by atoms with Crippen LogP contribution in [0.4, 0.5) is 0 Å². The van der Waals surface area contributed by atoms with Gasteiger partial charge in [-0.25, -0.2) is 0 Å². The highest BCUT2D eigenvalue weighted by molar-refractivity contribution is 5.48. The van der Waals surface area contributed by atoms with E-state index >= 15 is 0 Å². The molecule has 1 aromatic carbocycles. The normalized spacial score (nSPS) is 30.9. The van der Waals surface area contributed by atoms with Gasteiger partial charge in [-0.3, -0.25) is 0 Å². The van der Waals surface area contributed by atoms with Crippen molar-refractivity contribution in [3.8, 4) is 5.75 Å². The molecule has 2 atom stereocenters. The number of phenols is 1. The maximum Gasteiger partial charge on any atom is 0.119 e. The molecule has 2 heteroatoms. The van der Waals surface area contributed by atoms with Crippen molar-refractivity contribution >= 4 is 0 Å². The number of phenolic OH excluding ortho intramolecular Hbond substituents is 1. The minimum Gasteiger partial charge on any atom is -0.508 e. The lowest BCUT2D eigenvalue weighted by atomic mass is 9.51. The maximum absolute atomic E-state index is 10.1. The number of piperidine rings is 1. The van der Waals surface area contributed by atoms with Gasteiger partial charge in [0.15, 0.2) is 0 Å².